The SMILES string of the molecule is COc1cccc2c1N(C(=O)OCc1ccccc1)C(C(C)(C)C)CC2. The van der Waals surface area contributed by atoms with E-state index in [0.29, 0.717) is 5.75 Å². The summed E-state index contributed by atoms with van der Waals surface area (Å²) in [6.45, 7) is 6.75. The highest BCUT2D eigenvalue weighted by Crippen LogP contribution is 2.43. The predicted octanol–water partition coefficient (Wildman–Crippen LogP) is 5.20. The van der Waals surface area contributed by atoms with Gasteiger partial charge in [-0.05, 0) is 35.4 Å². The molecule has 3 rings (SSSR count). The van der Waals surface area contributed by atoms with Crippen LogP contribution in [-0.2, 0) is 17.8 Å². The van der Waals surface area contributed by atoms with Crippen LogP contribution < -0.4 is 9.64 Å². The minimum Gasteiger partial charge on any atom is -0.495 e. The fourth-order valence-electron chi connectivity index (χ4n) is 3.61. The van der Waals surface area contributed by atoms with Crippen LogP contribution in [-0.4, -0.2) is 19.2 Å². The van der Waals surface area contributed by atoms with Crippen LogP contribution in [0.15, 0.2) is 48.5 Å². The number of methoxy groups -OCH3 is 1. The molecule has 2 aromatic carbocycles. The van der Waals surface area contributed by atoms with Gasteiger partial charge in [-0.25, -0.2) is 4.79 Å². The smallest absolute Gasteiger partial charge is 0.415 e. The number of anilines is 1. The van der Waals surface area contributed by atoms with Gasteiger partial charge in [0.15, 0.2) is 0 Å². The zero-order valence-electron chi connectivity index (χ0n) is 16.0. The van der Waals surface area contributed by atoms with Gasteiger partial charge in [-0.3, -0.25) is 4.90 Å². The second-order valence-corrected chi connectivity index (χ2v) is 7.80. The van der Waals surface area contributed by atoms with Crippen molar-refractivity contribution in [2.75, 3.05) is 12.0 Å². The van der Waals surface area contributed by atoms with Crippen LogP contribution in [0.1, 0.15) is 38.3 Å². The van der Waals surface area contributed by atoms with Crippen molar-refractivity contribution in [1.29, 1.82) is 0 Å². The Kier molecular flexibility index (Phi) is 5.21. The van der Waals surface area contributed by atoms with E-state index < -0.39 is 0 Å². The van der Waals surface area contributed by atoms with Crippen LogP contribution in [0.25, 0.3) is 0 Å². The Hall–Kier alpha value is -2.49. The van der Waals surface area contributed by atoms with Gasteiger partial charge < -0.3 is 9.47 Å². The Balaban J connectivity index is 1.93. The van der Waals surface area contributed by atoms with Gasteiger partial charge in [0.1, 0.15) is 12.4 Å². The fraction of sp³-hybridized carbons (Fsp3) is 0.409. The number of hydrogen-bond acceptors (Lipinski definition) is 3. The Labute approximate surface area is 155 Å². The third-order valence-corrected chi connectivity index (χ3v) is 4.94. The molecule has 4 heteroatoms. The lowest BCUT2D eigenvalue weighted by atomic mass is 9.79. The topological polar surface area (TPSA) is 38.8 Å². The molecule has 1 aliphatic heterocycles. The maximum atomic E-state index is 13.1. The van der Waals surface area contributed by atoms with Crippen molar-refractivity contribution in [1.82, 2.24) is 0 Å². The molecule has 0 N–H and O–H groups in total. The van der Waals surface area contributed by atoms with Crippen LogP contribution >= 0.6 is 0 Å². The van der Waals surface area contributed by atoms with Crippen molar-refractivity contribution in [3.05, 3.63) is 59.7 Å². The molecular weight excluding hydrogens is 326 g/mol. The molecule has 0 spiro atoms. The first-order chi connectivity index (χ1) is 12.4. The number of amides is 1. The van der Waals surface area contributed by atoms with E-state index in [0.717, 1.165) is 29.7 Å². The van der Waals surface area contributed by atoms with Crippen molar-refractivity contribution in [2.24, 2.45) is 5.41 Å². The molecule has 0 aromatic heterocycles. The van der Waals surface area contributed by atoms with Crippen LogP contribution in [0, 0.1) is 5.41 Å². The average molecular weight is 353 g/mol. The number of carbonyl (C=O) groups is 1. The van der Waals surface area contributed by atoms with E-state index in [1.807, 2.05) is 42.5 Å². The molecule has 0 fully saturated rings. The number of benzene rings is 2. The minimum atomic E-state index is -0.320. The Morgan fingerprint density at radius 2 is 1.85 bits per heavy atom. The molecule has 26 heavy (non-hydrogen) atoms. The highest BCUT2D eigenvalue weighted by molar-refractivity contribution is 5.92. The molecule has 138 valence electrons. The van der Waals surface area contributed by atoms with E-state index in [9.17, 15) is 4.79 Å². The number of ether oxygens (including phenoxy) is 2. The molecular formula is C22H27NO3. The van der Waals surface area contributed by atoms with Gasteiger partial charge in [0.25, 0.3) is 0 Å². The summed E-state index contributed by atoms with van der Waals surface area (Å²) in [5.41, 5.74) is 2.88. The molecule has 4 nitrogen and oxygen atoms in total. The van der Waals surface area contributed by atoms with Gasteiger partial charge >= 0.3 is 6.09 Å². The maximum Gasteiger partial charge on any atom is 0.415 e. The summed E-state index contributed by atoms with van der Waals surface area (Å²) < 4.78 is 11.2. The number of hydrogen-bond donors (Lipinski definition) is 0. The molecule has 1 amide bonds. The normalized spacial score (nSPS) is 16.8. The number of para-hydroxylation sites is 1. The Bertz CT molecular complexity index is 750. The first kappa shape index (κ1) is 18.3. The lowest BCUT2D eigenvalue weighted by molar-refractivity contribution is 0.136. The molecule has 1 heterocycles. The van der Waals surface area contributed by atoms with Crippen molar-refractivity contribution in [3.8, 4) is 5.75 Å². The van der Waals surface area contributed by atoms with Crippen molar-refractivity contribution >= 4 is 11.8 Å². The number of carbonyl (C=O) groups excluding carboxylic acids is 1. The number of fused-ring (bicyclic) bond motifs is 1. The number of aryl methyl sites for hydroxylation is 1. The largest absolute Gasteiger partial charge is 0.495 e. The lowest BCUT2D eigenvalue weighted by Gasteiger charge is -2.43. The molecule has 0 bridgehead atoms. The first-order valence-electron chi connectivity index (χ1n) is 9.07. The number of rotatable bonds is 3. The summed E-state index contributed by atoms with van der Waals surface area (Å²) in [7, 11) is 1.64. The van der Waals surface area contributed by atoms with Gasteiger partial charge in [-0.2, -0.15) is 0 Å². The van der Waals surface area contributed by atoms with Crippen LogP contribution in [0.4, 0.5) is 10.5 Å². The summed E-state index contributed by atoms with van der Waals surface area (Å²) in [4.78, 5) is 14.9. The van der Waals surface area contributed by atoms with Crippen LogP contribution in [0.2, 0.25) is 0 Å². The van der Waals surface area contributed by atoms with E-state index >= 15 is 0 Å². The molecule has 1 unspecified atom stereocenters. The van der Waals surface area contributed by atoms with Gasteiger partial charge in [0, 0.05) is 6.04 Å². The zero-order valence-corrected chi connectivity index (χ0v) is 16.0. The summed E-state index contributed by atoms with van der Waals surface area (Å²) >= 11 is 0. The second kappa shape index (κ2) is 7.40. The van der Waals surface area contributed by atoms with Gasteiger partial charge in [0.2, 0.25) is 0 Å². The Morgan fingerprint density at radius 3 is 2.50 bits per heavy atom. The third kappa shape index (κ3) is 3.69. The summed E-state index contributed by atoms with van der Waals surface area (Å²) in [6.07, 6.45) is 1.51. The molecule has 0 saturated carbocycles. The maximum absolute atomic E-state index is 13.1. The first-order valence-corrected chi connectivity index (χ1v) is 9.07. The van der Waals surface area contributed by atoms with Crippen molar-refractivity contribution < 1.29 is 14.3 Å². The number of nitrogens with zero attached hydrogens (tertiary/aromatic N) is 1. The summed E-state index contributed by atoms with van der Waals surface area (Å²) in [6, 6.07) is 15.7. The summed E-state index contributed by atoms with van der Waals surface area (Å²) in [5, 5.41) is 0. The van der Waals surface area contributed by atoms with Gasteiger partial charge in [-0.15, -0.1) is 0 Å². The quantitative estimate of drug-likeness (QED) is 0.761. The molecule has 0 aliphatic carbocycles. The third-order valence-electron chi connectivity index (χ3n) is 4.94. The second-order valence-electron chi connectivity index (χ2n) is 7.80. The van der Waals surface area contributed by atoms with Crippen molar-refractivity contribution in [2.45, 2.75) is 46.3 Å². The molecule has 1 aliphatic rings. The van der Waals surface area contributed by atoms with Crippen LogP contribution in [0.5, 0.6) is 5.75 Å². The molecule has 0 saturated heterocycles. The predicted molar refractivity (Wildman–Crippen MR) is 104 cm³/mol. The highest BCUT2D eigenvalue weighted by atomic mass is 16.6. The van der Waals surface area contributed by atoms with E-state index in [-0.39, 0.29) is 24.2 Å². The average Bonchev–Trinajstić information content (AvgIpc) is 2.64. The fourth-order valence-corrected chi connectivity index (χ4v) is 3.61. The van der Waals surface area contributed by atoms with E-state index in [1.54, 1.807) is 12.0 Å². The molecule has 1 atom stereocenters. The molecule has 2 aromatic rings. The summed E-state index contributed by atoms with van der Waals surface area (Å²) in [5.74, 6) is 0.716. The Morgan fingerprint density at radius 1 is 1.12 bits per heavy atom. The highest BCUT2D eigenvalue weighted by Gasteiger charge is 2.40. The minimum absolute atomic E-state index is 0.0505. The van der Waals surface area contributed by atoms with E-state index in [1.165, 1.54) is 0 Å². The van der Waals surface area contributed by atoms with E-state index in [2.05, 4.69) is 26.8 Å². The standard InChI is InChI=1S/C22H27NO3/c1-22(2,3)19-14-13-17-11-8-12-18(25-4)20(17)23(19)21(24)26-15-16-9-6-5-7-10-16/h5-12,19H,13-15H2,1-4H3. The van der Waals surface area contributed by atoms with Crippen LogP contribution in [0.3, 0.4) is 0 Å². The molecule has 0 radical (unpaired) electrons. The van der Waals surface area contributed by atoms with Gasteiger partial charge in [0.05, 0.1) is 12.8 Å². The zero-order chi connectivity index (χ0) is 18.7. The van der Waals surface area contributed by atoms with Crippen molar-refractivity contribution in [3.63, 3.8) is 0 Å². The van der Waals surface area contributed by atoms with Gasteiger partial charge in [-0.1, -0.05) is 63.2 Å². The monoisotopic (exact) mass is 353 g/mol. The lowest BCUT2D eigenvalue weighted by Crippen LogP contribution is -2.50. The van der Waals surface area contributed by atoms with E-state index in [4.69, 9.17) is 9.47 Å².